The van der Waals surface area contributed by atoms with Gasteiger partial charge in [-0.3, -0.25) is 8.78 Å². The molecule has 0 radical (unpaired) electrons. The molecule has 0 fully saturated rings. The van der Waals surface area contributed by atoms with E-state index in [0.29, 0.717) is 12.1 Å². The highest BCUT2D eigenvalue weighted by Gasteiger charge is 2.06. The van der Waals surface area contributed by atoms with Crippen LogP contribution in [0, 0.1) is 0 Å². The van der Waals surface area contributed by atoms with E-state index in [0.717, 1.165) is 12.1 Å². The van der Waals surface area contributed by atoms with Crippen LogP contribution in [0.25, 0.3) is 0 Å². The molecule has 2 atom stereocenters. The van der Waals surface area contributed by atoms with Crippen LogP contribution in [0.15, 0.2) is 0 Å². The average molecular weight is 331 g/mol. The van der Waals surface area contributed by atoms with E-state index in [1.807, 2.05) is 0 Å². The third-order valence-electron chi connectivity index (χ3n) is 3.63. The summed E-state index contributed by atoms with van der Waals surface area (Å²) >= 11 is 0. The van der Waals surface area contributed by atoms with Crippen molar-refractivity contribution >= 4 is 19.0 Å². The van der Waals surface area contributed by atoms with Crippen molar-refractivity contribution in [2.24, 2.45) is 0 Å². The lowest BCUT2D eigenvalue weighted by molar-refractivity contribution is 0.303. The molecular formula is C14H30F4Si2. The number of alkyl halides is 4. The highest BCUT2D eigenvalue weighted by molar-refractivity contribution is 6.35. The summed E-state index contributed by atoms with van der Waals surface area (Å²) in [6, 6.07) is 3.58. The summed E-state index contributed by atoms with van der Waals surface area (Å²) in [7, 11) is -0.670. The van der Waals surface area contributed by atoms with Gasteiger partial charge in [0, 0.05) is 31.9 Å². The topological polar surface area (TPSA) is 0 Å². The molecule has 20 heavy (non-hydrogen) atoms. The Balaban J connectivity index is 3.10. The first-order valence-electron chi connectivity index (χ1n) is 8.10. The Morgan fingerprint density at radius 1 is 0.650 bits per heavy atom. The van der Waals surface area contributed by atoms with Crippen LogP contribution >= 0.6 is 0 Å². The van der Waals surface area contributed by atoms with Crippen molar-refractivity contribution in [3.63, 3.8) is 0 Å². The summed E-state index contributed by atoms with van der Waals surface area (Å²) in [6.45, 7) is -1.07. The highest BCUT2D eigenvalue weighted by Crippen LogP contribution is 2.11. The standard InChI is InChI=1S/C14H30F4Si2/c15-7-5-13(17)11-19-9-3-1-2-4-10-20-12-14(18)6-8-16/h13-14H,1-12,19-20H2. The third-order valence-corrected chi connectivity index (χ3v) is 7.70. The van der Waals surface area contributed by atoms with E-state index in [2.05, 4.69) is 0 Å². The van der Waals surface area contributed by atoms with Crippen LogP contribution in [0.2, 0.25) is 24.2 Å². The van der Waals surface area contributed by atoms with Crippen molar-refractivity contribution in [2.75, 3.05) is 13.3 Å². The van der Waals surface area contributed by atoms with Crippen molar-refractivity contribution in [3.8, 4) is 0 Å². The van der Waals surface area contributed by atoms with Gasteiger partial charge in [0.25, 0.3) is 0 Å². The Kier molecular flexibility index (Phi) is 15.7. The zero-order valence-corrected chi connectivity index (χ0v) is 15.4. The van der Waals surface area contributed by atoms with Gasteiger partial charge < -0.3 is 0 Å². The molecule has 0 spiro atoms. The molecule has 0 heterocycles. The molecule has 0 N–H and O–H groups in total. The second kappa shape index (κ2) is 15.5. The first-order valence-corrected chi connectivity index (χ1v) is 12.1. The Bertz CT molecular complexity index is 176. The van der Waals surface area contributed by atoms with Crippen LogP contribution in [-0.2, 0) is 0 Å². The maximum Gasteiger partial charge on any atom is 0.0998 e. The normalized spacial score (nSPS) is 15.6. The maximum absolute atomic E-state index is 13.0. The SMILES string of the molecule is FCCC(F)C[SiH2]CCCCCC[SiH2]CC(F)CCF. The van der Waals surface area contributed by atoms with Crippen LogP contribution in [0.1, 0.15) is 38.5 Å². The minimum absolute atomic E-state index is 0.0790. The Morgan fingerprint density at radius 3 is 1.40 bits per heavy atom. The fourth-order valence-corrected chi connectivity index (χ4v) is 5.77. The van der Waals surface area contributed by atoms with Gasteiger partial charge in [-0.05, 0) is 12.1 Å². The van der Waals surface area contributed by atoms with Crippen molar-refractivity contribution in [1.82, 2.24) is 0 Å². The van der Waals surface area contributed by atoms with E-state index < -0.39 is 25.7 Å². The van der Waals surface area contributed by atoms with Gasteiger partial charge >= 0.3 is 0 Å². The first-order chi connectivity index (χ1) is 9.70. The largest absolute Gasteiger partial charge is 0.251 e. The molecule has 0 aromatic rings. The van der Waals surface area contributed by atoms with E-state index in [-0.39, 0.29) is 31.9 Å². The predicted octanol–water partition coefficient (Wildman–Crippen LogP) is 3.95. The average Bonchev–Trinajstić information content (AvgIpc) is 2.41. The molecule has 0 aromatic carbocycles. The number of hydrogen-bond acceptors (Lipinski definition) is 0. The second-order valence-corrected chi connectivity index (χ2v) is 9.54. The highest BCUT2D eigenvalue weighted by atomic mass is 28.2. The van der Waals surface area contributed by atoms with E-state index in [1.165, 1.54) is 25.7 Å². The van der Waals surface area contributed by atoms with Gasteiger partial charge in [-0.2, -0.15) is 0 Å². The monoisotopic (exact) mass is 330 g/mol. The number of rotatable bonds is 15. The number of hydrogen-bond donors (Lipinski definition) is 0. The molecule has 2 unspecified atom stereocenters. The Labute approximate surface area is 125 Å². The van der Waals surface area contributed by atoms with Gasteiger partial charge in [0.05, 0.1) is 25.7 Å². The van der Waals surface area contributed by atoms with Crippen molar-refractivity contribution < 1.29 is 17.6 Å². The van der Waals surface area contributed by atoms with E-state index in [1.54, 1.807) is 0 Å². The van der Waals surface area contributed by atoms with Crippen LogP contribution in [0.5, 0.6) is 0 Å². The van der Waals surface area contributed by atoms with Crippen LogP contribution < -0.4 is 0 Å². The lowest BCUT2D eigenvalue weighted by atomic mass is 10.2. The zero-order chi connectivity index (χ0) is 15.1. The van der Waals surface area contributed by atoms with Gasteiger partial charge in [-0.25, -0.2) is 8.78 Å². The Morgan fingerprint density at radius 2 is 1.05 bits per heavy atom. The fraction of sp³-hybridized carbons (Fsp3) is 1.00. The van der Waals surface area contributed by atoms with E-state index >= 15 is 0 Å². The van der Waals surface area contributed by atoms with Gasteiger partial charge in [-0.15, -0.1) is 0 Å². The fourth-order valence-electron chi connectivity index (χ4n) is 2.32. The molecule has 0 nitrogen and oxygen atoms in total. The minimum Gasteiger partial charge on any atom is -0.251 e. The Hall–Kier alpha value is 0.154. The molecule has 0 bridgehead atoms. The van der Waals surface area contributed by atoms with E-state index in [9.17, 15) is 17.6 Å². The zero-order valence-electron chi connectivity index (χ0n) is 12.6. The molecule has 0 rings (SSSR count). The lowest BCUT2D eigenvalue weighted by Gasteiger charge is -2.06. The summed E-state index contributed by atoms with van der Waals surface area (Å²) in [5.41, 5.74) is 0. The van der Waals surface area contributed by atoms with Crippen LogP contribution in [0.4, 0.5) is 17.6 Å². The maximum atomic E-state index is 13.0. The first kappa shape index (κ1) is 20.2. The molecule has 122 valence electrons. The van der Waals surface area contributed by atoms with Gasteiger partial charge in [0.1, 0.15) is 0 Å². The number of unbranched alkanes of at least 4 members (excludes halogenated alkanes) is 3. The molecule has 6 heteroatoms. The smallest absolute Gasteiger partial charge is 0.0998 e. The molecule has 0 saturated carbocycles. The van der Waals surface area contributed by atoms with Crippen molar-refractivity contribution in [3.05, 3.63) is 0 Å². The molecule has 0 aromatic heterocycles. The van der Waals surface area contributed by atoms with Crippen molar-refractivity contribution in [2.45, 2.75) is 75.0 Å². The summed E-state index contributed by atoms with van der Waals surface area (Å²) in [5, 5.41) is 0. The van der Waals surface area contributed by atoms with Crippen LogP contribution in [0.3, 0.4) is 0 Å². The molecule has 0 aliphatic heterocycles. The van der Waals surface area contributed by atoms with Gasteiger partial charge in [-0.1, -0.05) is 37.8 Å². The summed E-state index contributed by atoms with van der Waals surface area (Å²) in [6.07, 6.45) is 3.06. The number of halogens is 4. The van der Waals surface area contributed by atoms with Gasteiger partial charge in [0.2, 0.25) is 0 Å². The quantitative estimate of drug-likeness (QED) is 0.242. The lowest BCUT2D eigenvalue weighted by Crippen LogP contribution is -2.05. The predicted molar refractivity (Wildman–Crippen MR) is 85.8 cm³/mol. The summed E-state index contributed by atoms with van der Waals surface area (Å²) in [5.74, 6) is 0. The molecule has 0 amide bonds. The third kappa shape index (κ3) is 14.6. The molecule has 0 saturated heterocycles. The van der Waals surface area contributed by atoms with Crippen LogP contribution in [-0.4, -0.2) is 44.7 Å². The molecular weight excluding hydrogens is 300 g/mol. The minimum atomic E-state index is -0.907. The van der Waals surface area contributed by atoms with Gasteiger partial charge in [0.15, 0.2) is 0 Å². The molecule has 0 aliphatic rings. The van der Waals surface area contributed by atoms with E-state index in [4.69, 9.17) is 0 Å². The summed E-state index contributed by atoms with van der Waals surface area (Å²) in [4.78, 5) is 0. The second-order valence-electron chi connectivity index (χ2n) is 5.56. The molecule has 0 aliphatic carbocycles. The summed E-state index contributed by atoms with van der Waals surface area (Å²) < 4.78 is 49.7. The van der Waals surface area contributed by atoms with Crippen molar-refractivity contribution in [1.29, 1.82) is 0 Å².